The molecule has 0 radical (unpaired) electrons. The average Bonchev–Trinajstić information content (AvgIpc) is 2.40. The van der Waals surface area contributed by atoms with E-state index in [0.717, 1.165) is 25.7 Å². The van der Waals surface area contributed by atoms with Gasteiger partial charge in [-0.2, -0.15) is 0 Å². The maximum atomic E-state index is 12.3. The van der Waals surface area contributed by atoms with Crippen LogP contribution in [-0.4, -0.2) is 54.4 Å². The molecule has 1 heterocycles. The molecule has 1 saturated heterocycles. The van der Waals surface area contributed by atoms with E-state index in [-0.39, 0.29) is 23.9 Å². The van der Waals surface area contributed by atoms with Gasteiger partial charge in [0.25, 0.3) is 0 Å². The molecule has 2 fully saturated rings. The van der Waals surface area contributed by atoms with Gasteiger partial charge in [-0.1, -0.05) is 13.3 Å². The minimum atomic E-state index is -0.781. The molecule has 0 aromatic carbocycles. The number of rotatable bonds is 5. The summed E-state index contributed by atoms with van der Waals surface area (Å²) in [6.45, 7) is 4.27. The quantitative estimate of drug-likeness (QED) is 0.801. The first-order chi connectivity index (χ1) is 9.56. The number of nitrogens with zero attached hydrogens (tertiary/aromatic N) is 1. The smallest absolute Gasteiger partial charge is 0.317 e. The van der Waals surface area contributed by atoms with E-state index in [4.69, 9.17) is 9.84 Å². The normalized spacial score (nSPS) is 24.9. The summed E-state index contributed by atoms with van der Waals surface area (Å²) in [5.74, 6) is -0.781. The fourth-order valence-corrected chi connectivity index (χ4v) is 3.04. The Morgan fingerprint density at radius 2 is 2.20 bits per heavy atom. The van der Waals surface area contributed by atoms with Gasteiger partial charge in [-0.05, 0) is 24.7 Å². The van der Waals surface area contributed by atoms with Gasteiger partial charge in [0.05, 0.1) is 25.7 Å². The Labute approximate surface area is 119 Å². The van der Waals surface area contributed by atoms with Gasteiger partial charge in [-0.3, -0.25) is 4.79 Å². The minimum absolute atomic E-state index is 0.0863. The molecule has 1 atom stereocenters. The Morgan fingerprint density at radius 3 is 2.75 bits per heavy atom. The molecule has 0 bridgehead atoms. The number of ether oxygens (including phenoxy) is 1. The van der Waals surface area contributed by atoms with Crippen LogP contribution in [0.25, 0.3) is 0 Å². The molecule has 0 aromatic rings. The first kappa shape index (κ1) is 15.1. The van der Waals surface area contributed by atoms with Gasteiger partial charge in [-0.25, -0.2) is 4.79 Å². The van der Waals surface area contributed by atoms with E-state index in [1.807, 2.05) is 11.8 Å². The van der Waals surface area contributed by atoms with Gasteiger partial charge < -0.3 is 20.1 Å². The Bertz CT molecular complexity index is 368. The lowest BCUT2D eigenvalue weighted by molar-refractivity contribution is -0.141. The van der Waals surface area contributed by atoms with E-state index >= 15 is 0 Å². The molecular formula is C14H24N2O4. The summed E-state index contributed by atoms with van der Waals surface area (Å²) >= 11 is 0. The number of carboxylic acids is 1. The Hall–Kier alpha value is -1.30. The number of carbonyl (C=O) groups excluding carboxylic acids is 1. The number of morpholine rings is 1. The molecule has 0 spiro atoms. The molecule has 2 amide bonds. The molecule has 1 saturated carbocycles. The van der Waals surface area contributed by atoms with Crippen molar-refractivity contribution in [3.63, 3.8) is 0 Å². The van der Waals surface area contributed by atoms with Gasteiger partial charge >= 0.3 is 12.0 Å². The van der Waals surface area contributed by atoms with Crippen molar-refractivity contribution in [2.24, 2.45) is 5.41 Å². The molecule has 1 unspecified atom stereocenters. The predicted molar refractivity (Wildman–Crippen MR) is 73.5 cm³/mol. The standard InChI is InChI=1S/C14H24N2O4/c1-2-11-9-20-7-6-16(11)13(19)15-10-14(4-3-5-14)8-12(17)18/h11H,2-10H2,1H3,(H,15,19)(H,17,18). The number of amides is 2. The topological polar surface area (TPSA) is 78.9 Å². The highest BCUT2D eigenvalue weighted by atomic mass is 16.5. The molecule has 1 aliphatic carbocycles. The van der Waals surface area contributed by atoms with Gasteiger partial charge in [0.1, 0.15) is 0 Å². The lowest BCUT2D eigenvalue weighted by Gasteiger charge is -2.42. The van der Waals surface area contributed by atoms with Crippen LogP contribution < -0.4 is 5.32 Å². The van der Waals surface area contributed by atoms with Gasteiger partial charge in [0.2, 0.25) is 0 Å². The van der Waals surface area contributed by atoms with Crippen LogP contribution in [-0.2, 0) is 9.53 Å². The first-order valence-electron chi connectivity index (χ1n) is 7.40. The second-order valence-electron chi connectivity index (χ2n) is 5.91. The highest BCUT2D eigenvalue weighted by molar-refractivity contribution is 5.75. The van der Waals surface area contributed by atoms with Gasteiger partial charge in [0, 0.05) is 13.1 Å². The zero-order valence-electron chi connectivity index (χ0n) is 12.1. The summed E-state index contributed by atoms with van der Waals surface area (Å²) in [4.78, 5) is 25.0. The molecular weight excluding hydrogens is 260 g/mol. The van der Waals surface area contributed by atoms with Crippen LogP contribution in [0.5, 0.6) is 0 Å². The van der Waals surface area contributed by atoms with Crippen molar-refractivity contribution >= 4 is 12.0 Å². The maximum absolute atomic E-state index is 12.3. The average molecular weight is 284 g/mol. The lowest BCUT2D eigenvalue weighted by Crippen LogP contribution is -2.54. The van der Waals surface area contributed by atoms with Crippen LogP contribution in [0.3, 0.4) is 0 Å². The molecule has 20 heavy (non-hydrogen) atoms. The van der Waals surface area contributed by atoms with E-state index in [2.05, 4.69) is 5.32 Å². The monoisotopic (exact) mass is 284 g/mol. The van der Waals surface area contributed by atoms with Crippen LogP contribution in [0, 0.1) is 5.41 Å². The van der Waals surface area contributed by atoms with Crippen molar-refractivity contribution in [3.05, 3.63) is 0 Å². The third-order valence-electron chi connectivity index (χ3n) is 4.51. The molecule has 2 N–H and O–H groups in total. The highest BCUT2D eigenvalue weighted by Crippen LogP contribution is 2.43. The van der Waals surface area contributed by atoms with Crippen LogP contribution in [0.15, 0.2) is 0 Å². The van der Waals surface area contributed by atoms with Crippen LogP contribution in [0.1, 0.15) is 39.0 Å². The van der Waals surface area contributed by atoms with Crippen LogP contribution >= 0.6 is 0 Å². The van der Waals surface area contributed by atoms with Crippen molar-refractivity contribution in [1.82, 2.24) is 10.2 Å². The van der Waals surface area contributed by atoms with E-state index in [9.17, 15) is 9.59 Å². The summed E-state index contributed by atoms with van der Waals surface area (Å²) in [5, 5.41) is 11.9. The fourth-order valence-electron chi connectivity index (χ4n) is 3.04. The second kappa shape index (κ2) is 6.43. The summed E-state index contributed by atoms with van der Waals surface area (Å²) < 4.78 is 5.38. The minimum Gasteiger partial charge on any atom is -0.481 e. The number of carboxylic acid groups (broad SMARTS) is 1. The van der Waals surface area contributed by atoms with Crippen molar-refractivity contribution in [2.75, 3.05) is 26.3 Å². The van der Waals surface area contributed by atoms with Crippen LogP contribution in [0.2, 0.25) is 0 Å². The molecule has 1 aliphatic heterocycles. The molecule has 2 aliphatic rings. The van der Waals surface area contributed by atoms with Crippen LogP contribution in [0.4, 0.5) is 4.79 Å². The molecule has 0 aromatic heterocycles. The van der Waals surface area contributed by atoms with Gasteiger partial charge in [0.15, 0.2) is 0 Å². The third kappa shape index (κ3) is 3.42. The lowest BCUT2D eigenvalue weighted by atomic mass is 9.66. The zero-order chi connectivity index (χ0) is 14.6. The molecule has 6 heteroatoms. The van der Waals surface area contributed by atoms with E-state index in [1.54, 1.807) is 0 Å². The number of nitrogens with one attached hydrogen (secondary N) is 1. The second-order valence-corrected chi connectivity index (χ2v) is 5.91. The summed E-state index contributed by atoms with van der Waals surface area (Å²) in [6.07, 6.45) is 3.85. The van der Waals surface area contributed by atoms with Crippen molar-refractivity contribution in [1.29, 1.82) is 0 Å². The number of carbonyl (C=O) groups is 2. The predicted octanol–water partition coefficient (Wildman–Crippen LogP) is 1.45. The maximum Gasteiger partial charge on any atom is 0.317 e. The van der Waals surface area contributed by atoms with Crippen molar-refractivity contribution < 1.29 is 19.4 Å². The summed E-state index contributed by atoms with van der Waals surface area (Å²) in [6, 6.07) is 0.0392. The Kier molecular flexibility index (Phi) is 4.86. The van der Waals surface area contributed by atoms with E-state index in [1.165, 1.54) is 0 Å². The zero-order valence-corrected chi connectivity index (χ0v) is 12.1. The van der Waals surface area contributed by atoms with Gasteiger partial charge in [-0.15, -0.1) is 0 Å². The molecule has 114 valence electrons. The molecule has 6 nitrogen and oxygen atoms in total. The van der Waals surface area contributed by atoms with E-state index < -0.39 is 5.97 Å². The first-order valence-corrected chi connectivity index (χ1v) is 7.40. The largest absolute Gasteiger partial charge is 0.481 e. The van der Waals surface area contributed by atoms with Crippen molar-refractivity contribution in [2.45, 2.75) is 45.1 Å². The Morgan fingerprint density at radius 1 is 1.45 bits per heavy atom. The number of hydrogen-bond acceptors (Lipinski definition) is 3. The summed E-state index contributed by atoms with van der Waals surface area (Å²) in [7, 11) is 0. The third-order valence-corrected chi connectivity index (χ3v) is 4.51. The number of aliphatic carboxylic acids is 1. The molecule has 2 rings (SSSR count). The highest BCUT2D eigenvalue weighted by Gasteiger charge is 2.39. The van der Waals surface area contributed by atoms with Crippen molar-refractivity contribution in [3.8, 4) is 0 Å². The summed E-state index contributed by atoms with van der Waals surface area (Å²) in [5.41, 5.74) is -0.227. The Balaban J connectivity index is 1.86. The SMILES string of the molecule is CCC1COCCN1C(=O)NCC1(CC(=O)O)CCC1. The van der Waals surface area contributed by atoms with E-state index in [0.29, 0.717) is 26.3 Å². The fraction of sp³-hybridized carbons (Fsp3) is 0.857. The number of hydrogen-bond donors (Lipinski definition) is 2. The number of urea groups is 1.